The van der Waals surface area contributed by atoms with Gasteiger partial charge in [0.05, 0.1) is 0 Å². The summed E-state index contributed by atoms with van der Waals surface area (Å²) in [5.41, 5.74) is 4.34. The first-order valence-electron chi connectivity index (χ1n) is 8.98. The highest BCUT2D eigenvalue weighted by Crippen LogP contribution is 2.74. The van der Waals surface area contributed by atoms with Crippen LogP contribution in [0.15, 0.2) is 11.1 Å². The molecule has 5 unspecified atom stereocenters. The molecular weight excluding hydrogens is 256 g/mol. The van der Waals surface area contributed by atoms with Crippen LogP contribution in [-0.4, -0.2) is 5.78 Å². The van der Waals surface area contributed by atoms with E-state index in [0.29, 0.717) is 29.0 Å². The van der Waals surface area contributed by atoms with Gasteiger partial charge in [-0.25, -0.2) is 0 Å². The van der Waals surface area contributed by atoms with Crippen LogP contribution in [-0.2, 0) is 4.79 Å². The minimum atomic E-state index is 0.0418. The van der Waals surface area contributed by atoms with Crippen LogP contribution < -0.4 is 0 Å². The molecular formula is C20H30O. The summed E-state index contributed by atoms with van der Waals surface area (Å²) >= 11 is 0. The topological polar surface area (TPSA) is 17.1 Å². The van der Waals surface area contributed by atoms with Crippen molar-refractivity contribution in [3.63, 3.8) is 0 Å². The van der Waals surface area contributed by atoms with Crippen LogP contribution >= 0.6 is 0 Å². The van der Waals surface area contributed by atoms with Crippen LogP contribution in [0.4, 0.5) is 0 Å². The van der Waals surface area contributed by atoms with Gasteiger partial charge in [-0.3, -0.25) is 4.79 Å². The fourth-order valence-electron chi connectivity index (χ4n) is 6.23. The van der Waals surface area contributed by atoms with E-state index < -0.39 is 0 Å². The summed E-state index contributed by atoms with van der Waals surface area (Å²) in [5.74, 6) is 2.62. The second-order valence-corrected chi connectivity index (χ2v) is 9.61. The highest BCUT2D eigenvalue weighted by molar-refractivity contribution is 5.90. The number of carbonyl (C=O) groups excluding carboxylic acids is 1. The lowest BCUT2D eigenvalue weighted by atomic mass is 9.51. The van der Waals surface area contributed by atoms with Crippen LogP contribution in [0.3, 0.4) is 0 Å². The fourth-order valence-corrected chi connectivity index (χ4v) is 6.23. The van der Waals surface area contributed by atoms with Crippen molar-refractivity contribution in [3.8, 4) is 0 Å². The van der Waals surface area contributed by atoms with E-state index in [1.807, 2.05) is 5.57 Å². The molecule has 0 aromatic carbocycles. The lowest BCUT2D eigenvalue weighted by Gasteiger charge is -2.53. The lowest BCUT2D eigenvalue weighted by Crippen LogP contribution is -2.47. The number of hydrogen-bond donors (Lipinski definition) is 0. The summed E-state index contributed by atoms with van der Waals surface area (Å²) in [7, 11) is 0. The third kappa shape index (κ3) is 1.61. The van der Waals surface area contributed by atoms with E-state index >= 15 is 0 Å². The van der Waals surface area contributed by atoms with Gasteiger partial charge in [-0.2, -0.15) is 0 Å². The maximum atomic E-state index is 12.6. The van der Waals surface area contributed by atoms with Crippen molar-refractivity contribution in [3.05, 3.63) is 11.1 Å². The zero-order valence-corrected chi connectivity index (χ0v) is 14.4. The number of carbonyl (C=O) groups is 1. The smallest absolute Gasteiger partial charge is 0.139 e. The highest BCUT2D eigenvalue weighted by atomic mass is 16.1. The number of Topliss-reactive ketones (excluding diaryl/α,β-unsaturated/α-hetero) is 1. The van der Waals surface area contributed by atoms with Crippen LogP contribution in [0, 0.1) is 34.0 Å². The van der Waals surface area contributed by atoms with E-state index in [1.165, 1.54) is 25.7 Å². The summed E-state index contributed by atoms with van der Waals surface area (Å²) in [4.78, 5) is 12.6. The number of fused-ring (bicyclic) bond motifs is 5. The summed E-state index contributed by atoms with van der Waals surface area (Å²) in [6.45, 7) is 11.9. The minimum Gasteiger partial charge on any atom is -0.299 e. The van der Waals surface area contributed by atoms with Gasteiger partial charge in [0, 0.05) is 11.8 Å². The van der Waals surface area contributed by atoms with Gasteiger partial charge in [-0.1, -0.05) is 45.8 Å². The zero-order valence-electron chi connectivity index (χ0n) is 14.4. The Labute approximate surface area is 129 Å². The fraction of sp³-hybridized carbons (Fsp3) is 0.850. The summed E-state index contributed by atoms with van der Waals surface area (Å²) in [6.07, 6.45) is 7.25. The van der Waals surface area contributed by atoms with Crippen LogP contribution in [0.5, 0.6) is 0 Å². The average Bonchev–Trinajstić information content (AvgIpc) is 2.95. The van der Waals surface area contributed by atoms with E-state index in [2.05, 4.69) is 34.6 Å². The molecule has 5 atom stereocenters. The van der Waals surface area contributed by atoms with Crippen molar-refractivity contribution in [2.24, 2.45) is 34.0 Å². The molecule has 0 aromatic rings. The monoisotopic (exact) mass is 286 g/mol. The van der Waals surface area contributed by atoms with Crippen molar-refractivity contribution < 1.29 is 4.79 Å². The van der Waals surface area contributed by atoms with Gasteiger partial charge < -0.3 is 0 Å². The quantitative estimate of drug-likeness (QED) is 0.609. The first-order chi connectivity index (χ1) is 9.71. The Morgan fingerprint density at radius 3 is 2.48 bits per heavy atom. The second-order valence-electron chi connectivity index (χ2n) is 9.61. The van der Waals surface area contributed by atoms with E-state index in [0.717, 1.165) is 12.8 Å². The van der Waals surface area contributed by atoms with Crippen molar-refractivity contribution in [2.75, 3.05) is 0 Å². The molecule has 0 N–H and O–H groups in total. The molecule has 21 heavy (non-hydrogen) atoms. The predicted molar refractivity (Wildman–Crippen MR) is 85.9 cm³/mol. The lowest BCUT2D eigenvalue weighted by molar-refractivity contribution is -0.132. The molecule has 4 rings (SSSR count). The van der Waals surface area contributed by atoms with Crippen molar-refractivity contribution in [2.45, 2.75) is 73.1 Å². The average molecular weight is 286 g/mol. The van der Waals surface area contributed by atoms with Crippen LogP contribution in [0.1, 0.15) is 73.1 Å². The molecule has 3 fully saturated rings. The van der Waals surface area contributed by atoms with Gasteiger partial charge in [0.2, 0.25) is 0 Å². The van der Waals surface area contributed by atoms with Crippen molar-refractivity contribution in [1.29, 1.82) is 0 Å². The number of hydrogen-bond acceptors (Lipinski definition) is 1. The van der Waals surface area contributed by atoms with Gasteiger partial charge >= 0.3 is 0 Å². The van der Waals surface area contributed by atoms with Gasteiger partial charge in [-0.05, 0) is 60.7 Å². The Balaban J connectivity index is 1.86. The van der Waals surface area contributed by atoms with Gasteiger partial charge in [0.15, 0.2) is 0 Å². The molecule has 0 heterocycles. The summed E-state index contributed by atoms with van der Waals surface area (Å²) < 4.78 is 0. The maximum absolute atomic E-state index is 12.6. The van der Waals surface area contributed by atoms with Crippen molar-refractivity contribution >= 4 is 5.78 Å². The molecule has 0 saturated heterocycles. The van der Waals surface area contributed by atoms with E-state index in [9.17, 15) is 4.79 Å². The summed E-state index contributed by atoms with van der Waals surface area (Å²) in [5, 5.41) is 0. The Hall–Kier alpha value is -0.590. The van der Waals surface area contributed by atoms with E-state index in [1.54, 1.807) is 5.57 Å². The number of ketones is 1. The number of allylic oxidation sites excluding steroid dienone is 2. The molecule has 0 radical (unpaired) electrons. The predicted octanol–water partition coefficient (Wildman–Crippen LogP) is 5.15. The van der Waals surface area contributed by atoms with Crippen molar-refractivity contribution in [1.82, 2.24) is 0 Å². The third-order valence-electron chi connectivity index (χ3n) is 7.85. The number of rotatable bonds is 1. The first kappa shape index (κ1) is 14.0. The molecule has 4 aliphatic carbocycles. The molecule has 0 spiro atoms. The maximum Gasteiger partial charge on any atom is 0.139 e. The van der Waals surface area contributed by atoms with Gasteiger partial charge in [0.25, 0.3) is 0 Å². The Morgan fingerprint density at radius 2 is 1.81 bits per heavy atom. The molecule has 0 aromatic heterocycles. The third-order valence-corrected chi connectivity index (χ3v) is 7.85. The molecule has 1 heteroatoms. The van der Waals surface area contributed by atoms with Crippen LogP contribution in [0.25, 0.3) is 0 Å². The van der Waals surface area contributed by atoms with E-state index in [4.69, 9.17) is 0 Å². The highest BCUT2D eigenvalue weighted by Gasteiger charge is 2.69. The van der Waals surface area contributed by atoms with E-state index in [-0.39, 0.29) is 10.8 Å². The minimum absolute atomic E-state index is 0.0418. The molecule has 1 nitrogen and oxygen atoms in total. The Kier molecular flexibility index (Phi) is 2.56. The standard InChI is InChI=1S/C20H30O/c1-12(2)13-6-7-18(3)8-9-19(4)11-15(21)20(5)10-14(20)17(19)16(13)18/h12,14,17H,6-11H2,1-5H3. The Bertz CT molecular complexity index is 556. The zero-order chi connectivity index (χ0) is 15.2. The van der Waals surface area contributed by atoms with Gasteiger partial charge in [0.1, 0.15) is 5.78 Å². The first-order valence-corrected chi connectivity index (χ1v) is 8.98. The Morgan fingerprint density at radius 1 is 1.10 bits per heavy atom. The molecule has 3 saturated carbocycles. The summed E-state index contributed by atoms with van der Waals surface area (Å²) in [6, 6.07) is 0. The second kappa shape index (κ2) is 3.84. The molecule has 116 valence electrons. The molecule has 0 bridgehead atoms. The molecule has 0 aliphatic heterocycles. The molecule has 4 aliphatic rings. The largest absolute Gasteiger partial charge is 0.299 e. The van der Waals surface area contributed by atoms with Gasteiger partial charge in [-0.15, -0.1) is 0 Å². The normalized spacial score (nSPS) is 51.8. The van der Waals surface area contributed by atoms with Crippen LogP contribution in [0.2, 0.25) is 0 Å². The SMILES string of the molecule is CC(C)C1=C2C3C4CC4(C)C(=O)CC3(C)CCC2(C)CC1. The molecule has 0 amide bonds.